The van der Waals surface area contributed by atoms with Crippen LogP contribution in [0.15, 0.2) is 42.9 Å². The number of hydrogen-bond acceptors (Lipinski definition) is 8. The molecule has 0 atom stereocenters. The van der Waals surface area contributed by atoms with E-state index in [4.69, 9.17) is 4.74 Å². The third-order valence-electron chi connectivity index (χ3n) is 5.96. The molecular formula is C22H23N9O. The molecule has 2 aliphatic rings. The van der Waals surface area contributed by atoms with Crippen LogP contribution in [-0.4, -0.2) is 61.5 Å². The van der Waals surface area contributed by atoms with Gasteiger partial charge in [-0.1, -0.05) is 17.4 Å². The molecule has 0 amide bonds. The van der Waals surface area contributed by atoms with Gasteiger partial charge in [-0.05, 0) is 36.6 Å². The molecule has 32 heavy (non-hydrogen) atoms. The lowest BCUT2D eigenvalue weighted by Crippen LogP contribution is -2.20. The van der Waals surface area contributed by atoms with E-state index in [1.54, 1.807) is 17.1 Å². The highest BCUT2D eigenvalue weighted by Crippen LogP contribution is 2.28. The summed E-state index contributed by atoms with van der Waals surface area (Å²) in [6.07, 6.45) is 11.7. The summed E-state index contributed by atoms with van der Waals surface area (Å²) in [5.74, 6) is 0.477. The minimum atomic E-state index is 0.366. The predicted octanol–water partition coefficient (Wildman–Crippen LogP) is 2.97. The number of aromatic nitrogens is 7. The van der Waals surface area contributed by atoms with Gasteiger partial charge < -0.3 is 15.0 Å². The molecule has 0 spiro atoms. The van der Waals surface area contributed by atoms with Crippen LogP contribution in [0, 0.1) is 0 Å². The maximum absolute atomic E-state index is 5.44. The van der Waals surface area contributed by atoms with Gasteiger partial charge in [-0.15, -0.1) is 5.10 Å². The third kappa shape index (κ3) is 3.38. The minimum Gasteiger partial charge on any atom is -0.381 e. The lowest BCUT2D eigenvalue weighted by molar-refractivity contribution is 0.0662. The Morgan fingerprint density at radius 2 is 2.06 bits per heavy atom. The van der Waals surface area contributed by atoms with Gasteiger partial charge in [-0.2, -0.15) is 14.8 Å². The Kier molecular flexibility index (Phi) is 4.57. The molecule has 0 radical (unpaired) electrons. The van der Waals surface area contributed by atoms with E-state index < -0.39 is 0 Å². The Bertz CT molecular complexity index is 1300. The van der Waals surface area contributed by atoms with E-state index in [1.807, 2.05) is 16.9 Å². The van der Waals surface area contributed by atoms with Gasteiger partial charge in [0, 0.05) is 38.7 Å². The second-order valence-electron chi connectivity index (χ2n) is 8.11. The van der Waals surface area contributed by atoms with E-state index in [2.05, 4.69) is 66.9 Å². The van der Waals surface area contributed by atoms with Crippen LogP contribution in [-0.2, 0) is 4.74 Å². The maximum Gasteiger partial charge on any atom is 0.229 e. The number of likely N-dealkylation sites (N-methyl/N-ethyl adjacent to an activating group) is 1. The number of nitrogens with zero attached hydrogens (tertiary/aromatic N) is 8. The average Bonchev–Trinajstić information content (AvgIpc) is 3.47. The molecular weight excluding hydrogens is 406 g/mol. The Hall–Kier alpha value is -3.79. The highest BCUT2D eigenvalue weighted by Gasteiger charge is 2.17. The summed E-state index contributed by atoms with van der Waals surface area (Å²) in [6, 6.07) is 6.61. The fraction of sp³-hybridized carbons (Fsp3) is 0.318. The maximum atomic E-state index is 5.44. The molecule has 1 aromatic carbocycles. The second-order valence-corrected chi connectivity index (χ2v) is 8.11. The molecule has 1 saturated heterocycles. The molecule has 0 saturated carbocycles. The summed E-state index contributed by atoms with van der Waals surface area (Å²) in [5, 5.41) is 16.3. The van der Waals surface area contributed by atoms with Crippen molar-refractivity contribution >= 4 is 34.6 Å². The minimum absolute atomic E-state index is 0.366. The van der Waals surface area contributed by atoms with Gasteiger partial charge in [0.1, 0.15) is 0 Å². The first-order valence-corrected chi connectivity index (χ1v) is 10.7. The second kappa shape index (κ2) is 7.72. The molecule has 162 valence electrons. The molecule has 5 heterocycles. The number of ether oxygens (including phenoxy) is 1. The first-order valence-electron chi connectivity index (χ1n) is 10.7. The van der Waals surface area contributed by atoms with Gasteiger partial charge in [0.25, 0.3) is 0 Å². The SMILES string of the molecule is CN1CC=Cc2cc(-n3nnc4cnc(Nc5cnn(C6CCOCC6)c5)nc43)ccc21. The summed E-state index contributed by atoms with van der Waals surface area (Å²) in [5.41, 5.74) is 5.37. The van der Waals surface area contributed by atoms with Crippen LogP contribution in [0.5, 0.6) is 0 Å². The monoisotopic (exact) mass is 429 g/mol. The fourth-order valence-electron chi connectivity index (χ4n) is 4.23. The smallest absolute Gasteiger partial charge is 0.229 e. The van der Waals surface area contributed by atoms with Crippen LogP contribution in [0.1, 0.15) is 24.4 Å². The lowest BCUT2D eigenvalue weighted by Gasteiger charge is -2.23. The first-order chi connectivity index (χ1) is 15.7. The molecule has 2 aliphatic heterocycles. The van der Waals surface area contributed by atoms with Crippen molar-refractivity contribution in [3.05, 3.63) is 48.4 Å². The normalized spacial score (nSPS) is 16.5. The van der Waals surface area contributed by atoms with Gasteiger partial charge in [-0.25, -0.2) is 4.98 Å². The molecule has 1 fully saturated rings. The van der Waals surface area contributed by atoms with Gasteiger partial charge in [0.05, 0.1) is 29.8 Å². The number of rotatable bonds is 4. The van der Waals surface area contributed by atoms with Gasteiger partial charge in [-0.3, -0.25) is 4.68 Å². The van der Waals surface area contributed by atoms with Gasteiger partial charge in [0.15, 0.2) is 11.2 Å². The van der Waals surface area contributed by atoms with E-state index >= 15 is 0 Å². The van der Waals surface area contributed by atoms with Crippen LogP contribution in [0.4, 0.5) is 17.3 Å². The van der Waals surface area contributed by atoms with Crippen molar-refractivity contribution in [3.63, 3.8) is 0 Å². The lowest BCUT2D eigenvalue weighted by atomic mass is 10.1. The highest BCUT2D eigenvalue weighted by atomic mass is 16.5. The number of benzene rings is 1. The van der Waals surface area contributed by atoms with Crippen molar-refractivity contribution in [2.24, 2.45) is 0 Å². The molecule has 4 aromatic rings. The molecule has 6 rings (SSSR count). The molecule has 0 bridgehead atoms. The fourth-order valence-corrected chi connectivity index (χ4v) is 4.23. The summed E-state index contributed by atoms with van der Waals surface area (Å²) in [4.78, 5) is 11.3. The quantitative estimate of drug-likeness (QED) is 0.529. The van der Waals surface area contributed by atoms with Crippen molar-refractivity contribution in [1.29, 1.82) is 0 Å². The number of nitrogens with one attached hydrogen (secondary N) is 1. The third-order valence-corrected chi connectivity index (χ3v) is 5.96. The van der Waals surface area contributed by atoms with E-state index in [0.29, 0.717) is 23.2 Å². The van der Waals surface area contributed by atoms with E-state index in [1.165, 1.54) is 5.69 Å². The summed E-state index contributed by atoms with van der Waals surface area (Å²) >= 11 is 0. The Morgan fingerprint density at radius 1 is 1.16 bits per heavy atom. The Morgan fingerprint density at radius 3 is 2.97 bits per heavy atom. The van der Waals surface area contributed by atoms with Crippen LogP contribution in [0.3, 0.4) is 0 Å². The van der Waals surface area contributed by atoms with Crippen LogP contribution in [0.25, 0.3) is 22.9 Å². The summed E-state index contributed by atoms with van der Waals surface area (Å²) in [7, 11) is 2.09. The van der Waals surface area contributed by atoms with Crippen molar-refractivity contribution < 1.29 is 4.74 Å². The molecule has 10 nitrogen and oxygen atoms in total. The molecule has 10 heteroatoms. The summed E-state index contributed by atoms with van der Waals surface area (Å²) < 4.78 is 9.18. The largest absolute Gasteiger partial charge is 0.381 e. The molecule has 0 unspecified atom stereocenters. The standard InChI is InChI=1S/C22H23N9O/c1-29-8-2-3-15-11-18(4-5-20(15)29)31-21-19(27-28-31)13-23-22(26-21)25-16-12-24-30(14-16)17-6-9-32-10-7-17/h2-5,11-14,17H,6-10H2,1H3,(H,23,25,26). The van der Waals surface area contributed by atoms with E-state index in [-0.39, 0.29) is 0 Å². The Labute approximate surface area is 184 Å². The zero-order valence-corrected chi connectivity index (χ0v) is 17.7. The Balaban J connectivity index is 1.29. The van der Waals surface area contributed by atoms with Crippen LogP contribution in [0.2, 0.25) is 0 Å². The molecule has 0 aliphatic carbocycles. The van der Waals surface area contributed by atoms with E-state index in [0.717, 1.165) is 49.5 Å². The molecule has 3 aromatic heterocycles. The van der Waals surface area contributed by atoms with E-state index in [9.17, 15) is 0 Å². The zero-order chi connectivity index (χ0) is 21.5. The van der Waals surface area contributed by atoms with Crippen molar-refractivity contribution in [2.45, 2.75) is 18.9 Å². The van der Waals surface area contributed by atoms with Gasteiger partial charge in [0.2, 0.25) is 5.95 Å². The van der Waals surface area contributed by atoms with Gasteiger partial charge >= 0.3 is 0 Å². The summed E-state index contributed by atoms with van der Waals surface area (Å²) in [6.45, 7) is 2.46. The van der Waals surface area contributed by atoms with Crippen molar-refractivity contribution in [2.75, 3.05) is 37.0 Å². The van der Waals surface area contributed by atoms with Crippen LogP contribution < -0.4 is 10.2 Å². The predicted molar refractivity (Wildman–Crippen MR) is 121 cm³/mol. The number of hydrogen-bond donors (Lipinski definition) is 1. The number of fused-ring (bicyclic) bond motifs is 2. The van der Waals surface area contributed by atoms with Crippen LogP contribution >= 0.6 is 0 Å². The van der Waals surface area contributed by atoms with Crippen molar-refractivity contribution in [1.82, 2.24) is 34.7 Å². The average molecular weight is 429 g/mol. The topological polar surface area (TPSA) is 98.8 Å². The van der Waals surface area contributed by atoms with Crippen molar-refractivity contribution in [3.8, 4) is 5.69 Å². The number of anilines is 3. The first kappa shape index (κ1) is 18.9. The zero-order valence-electron chi connectivity index (χ0n) is 17.7. The molecule has 1 N–H and O–H groups in total. The highest BCUT2D eigenvalue weighted by molar-refractivity contribution is 5.76.